The monoisotopic (exact) mass is 302 g/mol. The quantitative estimate of drug-likeness (QED) is 0.708. The van der Waals surface area contributed by atoms with E-state index < -0.39 is 0 Å². The number of halogens is 1. The zero-order chi connectivity index (χ0) is 15.6. The van der Waals surface area contributed by atoms with Gasteiger partial charge in [-0.05, 0) is 35.9 Å². The van der Waals surface area contributed by atoms with Gasteiger partial charge in [-0.15, -0.1) is 0 Å². The summed E-state index contributed by atoms with van der Waals surface area (Å²) < 4.78 is 13.7. The molecule has 1 heterocycles. The highest BCUT2D eigenvalue weighted by Crippen LogP contribution is 2.29. The Hall–Kier alpha value is -2.94. The molecule has 1 unspecified atom stereocenters. The second-order valence-electron chi connectivity index (χ2n) is 5.49. The Bertz CT molecular complexity index is 951. The second-order valence-corrected chi connectivity index (χ2v) is 5.49. The van der Waals surface area contributed by atoms with Crippen LogP contribution in [0.4, 0.5) is 10.1 Å². The maximum absolute atomic E-state index is 13.7. The maximum atomic E-state index is 13.7. The summed E-state index contributed by atoms with van der Waals surface area (Å²) in [6, 6.07) is 24.7. The highest BCUT2D eigenvalue weighted by Gasteiger charge is 2.21. The molecule has 3 aromatic carbocycles. The summed E-state index contributed by atoms with van der Waals surface area (Å²) in [5.41, 5.74) is 1.86. The molecule has 0 saturated carbocycles. The first-order chi connectivity index (χ1) is 11.3. The Kier molecular flexibility index (Phi) is 3.39. The van der Waals surface area contributed by atoms with E-state index in [1.165, 1.54) is 6.07 Å². The van der Waals surface area contributed by atoms with E-state index in [0.717, 1.165) is 21.8 Å². The molecule has 2 nitrogen and oxygen atoms in total. The molecular weight excluding hydrogens is 287 g/mol. The Morgan fingerprint density at radius 2 is 1.61 bits per heavy atom. The van der Waals surface area contributed by atoms with Crippen LogP contribution in [0.25, 0.3) is 6.20 Å². The largest absolute Gasteiger partial charge is 0.321 e. The molecule has 0 aliphatic carbocycles. The molecule has 0 N–H and O–H groups in total. The lowest BCUT2D eigenvalue weighted by Gasteiger charge is -2.30. The van der Waals surface area contributed by atoms with Crippen molar-refractivity contribution in [2.75, 3.05) is 4.90 Å². The third kappa shape index (κ3) is 2.61. The van der Waals surface area contributed by atoms with E-state index >= 15 is 0 Å². The molecular formula is C20H15FN2. The Morgan fingerprint density at radius 1 is 0.826 bits per heavy atom. The SMILES string of the molecule is Fc1cccc(C2N=c3ccccc3=CN2c2ccccc2)c1. The molecule has 0 radical (unpaired) electrons. The van der Waals surface area contributed by atoms with Crippen molar-refractivity contribution in [3.05, 3.63) is 101 Å². The van der Waals surface area contributed by atoms with Gasteiger partial charge in [0.2, 0.25) is 0 Å². The van der Waals surface area contributed by atoms with Gasteiger partial charge in [0.25, 0.3) is 0 Å². The molecule has 3 heteroatoms. The predicted octanol–water partition coefficient (Wildman–Crippen LogP) is 3.40. The van der Waals surface area contributed by atoms with Gasteiger partial charge in [0, 0.05) is 17.1 Å². The Morgan fingerprint density at radius 3 is 2.43 bits per heavy atom. The number of hydrogen-bond donors (Lipinski definition) is 0. The van der Waals surface area contributed by atoms with E-state index in [2.05, 4.69) is 11.1 Å². The second kappa shape index (κ2) is 5.69. The molecule has 1 aliphatic heterocycles. The van der Waals surface area contributed by atoms with Crippen molar-refractivity contribution >= 4 is 11.9 Å². The normalized spacial score (nSPS) is 16.2. The van der Waals surface area contributed by atoms with Crippen LogP contribution in [0.5, 0.6) is 0 Å². The van der Waals surface area contributed by atoms with Crippen LogP contribution in [0.3, 0.4) is 0 Å². The molecule has 3 aromatic rings. The molecule has 4 rings (SSSR count). The first kappa shape index (κ1) is 13.7. The molecule has 0 amide bonds. The zero-order valence-corrected chi connectivity index (χ0v) is 12.4. The van der Waals surface area contributed by atoms with Crippen LogP contribution in [0.15, 0.2) is 83.9 Å². The number of para-hydroxylation sites is 2. The smallest absolute Gasteiger partial charge is 0.151 e. The van der Waals surface area contributed by atoms with Gasteiger partial charge in [0.05, 0.1) is 5.36 Å². The van der Waals surface area contributed by atoms with Crippen LogP contribution in [-0.4, -0.2) is 0 Å². The van der Waals surface area contributed by atoms with Crippen molar-refractivity contribution in [2.24, 2.45) is 4.99 Å². The zero-order valence-electron chi connectivity index (χ0n) is 12.4. The predicted molar refractivity (Wildman–Crippen MR) is 89.8 cm³/mol. The first-order valence-electron chi connectivity index (χ1n) is 7.55. The van der Waals surface area contributed by atoms with Gasteiger partial charge in [-0.3, -0.25) is 4.99 Å². The van der Waals surface area contributed by atoms with Crippen LogP contribution < -0.4 is 15.5 Å². The van der Waals surface area contributed by atoms with Crippen molar-refractivity contribution in [1.29, 1.82) is 0 Å². The van der Waals surface area contributed by atoms with E-state index in [-0.39, 0.29) is 12.0 Å². The van der Waals surface area contributed by atoms with Gasteiger partial charge in [-0.1, -0.05) is 48.5 Å². The molecule has 0 spiro atoms. The fourth-order valence-corrected chi connectivity index (χ4v) is 2.85. The highest BCUT2D eigenvalue weighted by atomic mass is 19.1. The van der Waals surface area contributed by atoms with E-state index in [1.807, 2.05) is 60.7 Å². The Balaban J connectivity index is 1.92. The number of anilines is 1. The third-order valence-electron chi connectivity index (χ3n) is 3.94. The van der Waals surface area contributed by atoms with E-state index in [9.17, 15) is 4.39 Å². The number of fused-ring (bicyclic) bond motifs is 1. The van der Waals surface area contributed by atoms with E-state index in [1.54, 1.807) is 12.1 Å². The molecule has 23 heavy (non-hydrogen) atoms. The molecule has 1 atom stereocenters. The van der Waals surface area contributed by atoms with Gasteiger partial charge in [-0.2, -0.15) is 0 Å². The fraction of sp³-hybridized carbons (Fsp3) is 0.0500. The van der Waals surface area contributed by atoms with Crippen molar-refractivity contribution in [2.45, 2.75) is 6.17 Å². The molecule has 0 fully saturated rings. The summed E-state index contributed by atoms with van der Waals surface area (Å²) >= 11 is 0. The van der Waals surface area contributed by atoms with Gasteiger partial charge in [0.1, 0.15) is 5.82 Å². The van der Waals surface area contributed by atoms with E-state index in [4.69, 9.17) is 4.99 Å². The average Bonchev–Trinajstić information content (AvgIpc) is 2.61. The van der Waals surface area contributed by atoms with Gasteiger partial charge in [0.15, 0.2) is 6.17 Å². The lowest BCUT2D eigenvalue weighted by molar-refractivity contribution is 0.618. The summed E-state index contributed by atoms with van der Waals surface area (Å²) in [4.78, 5) is 6.92. The lowest BCUT2D eigenvalue weighted by atomic mass is 10.1. The van der Waals surface area contributed by atoms with Gasteiger partial charge < -0.3 is 4.90 Å². The Labute approximate surface area is 133 Å². The first-order valence-corrected chi connectivity index (χ1v) is 7.55. The standard InChI is InChI=1S/C20H15FN2/c21-17-9-6-8-15(13-17)20-22-19-12-5-4-7-16(19)14-23(20)18-10-2-1-3-11-18/h1-14,20H. The molecule has 0 saturated heterocycles. The molecule has 0 bridgehead atoms. The van der Waals surface area contributed by atoms with Gasteiger partial charge >= 0.3 is 0 Å². The van der Waals surface area contributed by atoms with Gasteiger partial charge in [-0.25, -0.2) is 4.39 Å². The molecule has 1 aliphatic rings. The number of rotatable bonds is 2. The summed E-state index contributed by atoms with van der Waals surface area (Å²) in [7, 11) is 0. The van der Waals surface area contributed by atoms with Crippen LogP contribution in [-0.2, 0) is 0 Å². The minimum absolute atomic E-state index is 0.246. The molecule has 112 valence electrons. The van der Waals surface area contributed by atoms with Crippen LogP contribution in [0.2, 0.25) is 0 Å². The molecule has 0 aromatic heterocycles. The third-order valence-corrected chi connectivity index (χ3v) is 3.94. The van der Waals surface area contributed by atoms with Crippen molar-refractivity contribution in [3.8, 4) is 0 Å². The van der Waals surface area contributed by atoms with Crippen LogP contribution in [0, 0.1) is 5.82 Å². The van der Waals surface area contributed by atoms with Crippen molar-refractivity contribution < 1.29 is 4.39 Å². The minimum atomic E-state index is -0.275. The minimum Gasteiger partial charge on any atom is -0.321 e. The van der Waals surface area contributed by atoms with E-state index in [0.29, 0.717) is 0 Å². The summed E-state index contributed by atoms with van der Waals surface area (Å²) in [6.45, 7) is 0. The number of hydrogen-bond acceptors (Lipinski definition) is 2. The fourth-order valence-electron chi connectivity index (χ4n) is 2.85. The van der Waals surface area contributed by atoms with Crippen LogP contribution >= 0.6 is 0 Å². The average molecular weight is 302 g/mol. The highest BCUT2D eigenvalue weighted by molar-refractivity contribution is 5.61. The number of benzene rings is 3. The maximum Gasteiger partial charge on any atom is 0.151 e. The lowest BCUT2D eigenvalue weighted by Crippen LogP contribution is -2.37. The summed E-state index contributed by atoms with van der Waals surface area (Å²) in [5, 5.41) is 1.98. The summed E-state index contributed by atoms with van der Waals surface area (Å²) in [6.07, 6.45) is 1.80. The van der Waals surface area contributed by atoms with Crippen molar-refractivity contribution in [1.82, 2.24) is 0 Å². The summed E-state index contributed by atoms with van der Waals surface area (Å²) in [5.74, 6) is -0.246. The topological polar surface area (TPSA) is 15.6 Å². The van der Waals surface area contributed by atoms with Crippen LogP contribution in [0.1, 0.15) is 11.7 Å². The number of nitrogens with zero attached hydrogens (tertiary/aromatic N) is 2. The van der Waals surface area contributed by atoms with Crippen molar-refractivity contribution in [3.63, 3.8) is 0 Å².